The SMILES string of the molecule is Cc1cc(C)cc(N2CCC(C(=O)N3CC4CCC(N)C4C3)C2=O)c1. The van der Waals surface area contributed by atoms with E-state index < -0.39 is 5.92 Å². The molecule has 1 saturated carbocycles. The Morgan fingerprint density at radius 2 is 1.80 bits per heavy atom. The van der Waals surface area contributed by atoms with Crippen LogP contribution in [0.25, 0.3) is 0 Å². The Kier molecular flexibility index (Phi) is 4.07. The molecule has 25 heavy (non-hydrogen) atoms. The van der Waals surface area contributed by atoms with Crippen molar-refractivity contribution >= 4 is 17.5 Å². The van der Waals surface area contributed by atoms with E-state index in [9.17, 15) is 9.59 Å². The van der Waals surface area contributed by atoms with Crippen molar-refractivity contribution < 1.29 is 9.59 Å². The number of carbonyl (C=O) groups excluding carboxylic acids is 2. The highest BCUT2D eigenvalue weighted by atomic mass is 16.2. The first-order valence-electron chi connectivity index (χ1n) is 9.38. The summed E-state index contributed by atoms with van der Waals surface area (Å²) in [5.41, 5.74) is 9.37. The lowest BCUT2D eigenvalue weighted by Gasteiger charge is -2.22. The molecule has 2 N–H and O–H groups in total. The third kappa shape index (κ3) is 2.84. The molecule has 1 aliphatic carbocycles. The molecule has 2 heterocycles. The fourth-order valence-electron chi connectivity index (χ4n) is 4.98. The molecule has 5 heteroatoms. The van der Waals surface area contributed by atoms with E-state index in [0.717, 1.165) is 42.7 Å². The summed E-state index contributed by atoms with van der Waals surface area (Å²) in [6, 6.07) is 6.36. The van der Waals surface area contributed by atoms with Crippen molar-refractivity contribution in [2.75, 3.05) is 24.5 Å². The molecule has 5 nitrogen and oxygen atoms in total. The van der Waals surface area contributed by atoms with E-state index in [-0.39, 0.29) is 17.9 Å². The van der Waals surface area contributed by atoms with Gasteiger partial charge in [-0.05, 0) is 68.2 Å². The van der Waals surface area contributed by atoms with Crippen LogP contribution in [0.3, 0.4) is 0 Å². The smallest absolute Gasteiger partial charge is 0.239 e. The van der Waals surface area contributed by atoms with Gasteiger partial charge in [0.25, 0.3) is 0 Å². The molecule has 0 spiro atoms. The van der Waals surface area contributed by atoms with Crippen LogP contribution in [-0.4, -0.2) is 42.4 Å². The number of benzene rings is 1. The molecule has 1 aromatic carbocycles. The molecular weight excluding hydrogens is 314 g/mol. The van der Waals surface area contributed by atoms with Crippen molar-refractivity contribution in [2.24, 2.45) is 23.5 Å². The highest BCUT2D eigenvalue weighted by Crippen LogP contribution is 2.38. The number of hydrogen-bond acceptors (Lipinski definition) is 3. The standard InChI is InChI=1S/C20H27N3O2/c1-12-7-13(2)9-15(8-12)23-6-5-16(20(23)25)19(24)22-10-14-3-4-18(21)17(14)11-22/h7-9,14,16-18H,3-6,10-11,21H2,1-2H3. The average molecular weight is 341 g/mol. The van der Waals surface area contributed by atoms with Gasteiger partial charge in [0, 0.05) is 31.4 Å². The molecule has 2 saturated heterocycles. The van der Waals surface area contributed by atoms with Crippen molar-refractivity contribution in [1.29, 1.82) is 0 Å². The molecule has 2 amide bonds. The normalized spacial score (nSPS) is 31.7. The van der Waals surface area contributed by atoms with Crippen LogP contribution in [-0.2, 0) is 9.59 Å². The van der Waals surface area contributed by atoms with Crippen molar-refractivity contribution in [3.05, 3.63) is 29.3 Å². The Bertz CT molecular complexity index is 697. The van der Waals surface area contributed by atoms with Gasteiger partial charge >= 0.3 is 0 Å². The van der Waals surface area contributed by atoms with Crippen LogP contribution in [0.15, 0.2) is 18.2 Å². The van der Waals surface area contributed by atoms with Crippen LogP contribution >= 0.6 is 0 Å². The zero-order chi connectivity index (χ0) is 17.7. The molecule has 3 aliphatic rings. The summed E-state index contributed by atoms with van der Waals surface area (Å²) in [7, 11) is 0. The summed E-state index contributed by atoms with van der Waals surface area (Å²) in [5.74, 6) is 0.410. The van der Waals surface area contributed by atoms with Crippen LogP contribution in [0, 0.1) is 31.6 Å². The second-order valence-electron chi connectivity index (χ2n) is 8.09. The molecule has 3 fully saturated rings. The number of carbonyl (C=O) groups is 2. The molecular formula is C20H27N3O2. The largest absolute Gasteiger partial charge is 0.341 e. The van der Waals surface area contributed by atoms with Crippen molar-refractivity contribution in [3.8, 4) is 0 Å². The van der Waals surface area contributed by atoms with E-state index in [2.05, 4.69) is 6.07 Å². The third-order valence-corrected chi connectivity index (χ3v) is 6.25. The summed E-state index contributed by atoms with van der Waals surface area (Å²) in [4.78, 5) is 29.5. The number of nitrogens with two attached hydrogens (primary N) is 1. The van der Waals surface area contributed by atoms with Gasteiger partial charge in [-0.15, -0.1) is 0 Å². The Morgan fingerprint density at radius 3 is 2.48 bits per heavy atom. The van der Waals surface area contributed by atoms with Gasteiger partial charge in [-0.3, -0.25) is 9.59 Å². The Morgan fingerprint density at radius 1 is 1.08 bits per heavy atom. The van der Waals surface area contributed by atoms with Gasteiger partial charge in [0.05, 0.1) is 0 Å². The maximum Gasteiger partial charge on any atom is 0.239 e. The Hall–Kier alpha value is -1.88. The lowest BCUT2D eigenvalue weighted by Crippen LogP contribution is -2.40. The quantitative estimate of drug-likeness (QED) is 0.835. The molecule has 0 radical (unpaired) electrons. The van der Waals surface area contributed by atoms with Gasteiger partial charge in [-0.2, -0.15) is 0 Å². The lowest BCUT2D eigenvalue weighted by molar-refractivity contribution is -0.139. The molecule has 0 bridgehead atoms. The molecule has 134 valence electrons. The molecule has 1 aromatic rings. The van der Waals surface area contributed by atoms with E-state index in [0.29, 0.717) is 24.8 Å². The second kappa shape index (κ2) is 6.13. The minimum absolute atomic E-state index is 0.0125. The zero-order valence-electron chi connectivity index (χ0n) is 15.1. The number of nitrogens with zero attached hydrogens (tertiary/aromatic N) is 2. The van der Waals surface area contributed by atoms with E-state index in [1.165, 1.54) is 0 Å². The zero-order valence-corrected chi connectivity index (χ0v) is 15.1. The summed E-state index contributed by atoms with van der Waals surface area (Å²) >= 11 is 0. The van der Waals surface area contributed by atoms with Crippen LogP contribution < -0.4 is 10.6 Å². The molecule has 4 atom stereocenters. The van der Waals surface area contributed by atoms with Crippen molar-refractivity contribution in [1.82, 2.24) is 4.90 Å². The highest BCUT2D eigenvalue weighted by molar-refractivity contribution is 6.09. The molecule has 0 aromatic heterocycles. The first kappa shape index (κ1) is 16.6. The third-order valence-electron chi connectivity index (χ3n) is 6.25. The van der Waals surface area contributed by atoms with Gasteiger partial charge in [0.1, 0.15) is 5.92 Å². The number of likely N-dealkylation sites (tertiary alicyclic amines) is 1. The van der Waals surface area contributed by atoms with E-state index in [4.69, 9.17) is 5.73 Å². The van der Waals surface area contributed by atoms with Gasteiger partial charge in [-0.25, -0.2) is 0 Å². The monoisotopic (exact) mass is 341 g/mol. The maximum absolute atomic E-state index is 12.9. The first-order valence-corrected chi connectivity index (χ1v) is 9.38. The van der Waals surface area contributed by atoms with Crippen molar-refractivity contribution in [3.63, 3.8) is 0 Å². The summed E-state index contributed by atoms with van der Waals surface area (Å²) in [5, 5.41) is 0. The number of anilines is 1. The van der Waals surface area contributed by atoms with Gasteiger partial charge in [0.15, 0.2) is 0 Å². The number of aryl methyl sites for hydroxylation is 2. The maximum atomic E-state index is 12.9. The van der Waals surface area contributed by atoms with Crippen molar-refractivity contribution in [2.45, 2.75) is 39.2 Å². The summed E-state index contributed by atoms with van der Waals surface area (Å²) in [6.45, 7) is 6.21. The number of rotatable bonds is 2. The topological polar surface area (TPSA) is 66.6 Å². The molecule has 4 rings (SSSR count). The predicted octanol–water partition coefficient (Wildman–Crippen LogP) is 1.85. The van der Waals surface area contributed by atoms with Crippen LogP contribution in [0.1, 0.15) is 30.4 Å². The van der Waals surface area contributed by atoms with Gasteiger partial charge < -0.3 is 15.5 Å². The predicted molar refractivity (Wildman–Crippen MR) is 97.1 cm³/mol. The van der Waals surface area contributed by atoms with E-state index in [1.54, 1.807) is 4.90 Å². The van der Waals surface area contributed by atoms with Gasteiger partial charge in [0.2, 0.25) is 11.8 Å². The minimum Gasteiger partial charge on any atom is -0.341 e. The Labute approximate surface area is 149 Å². The van der Waals surface area contributed by atoms with Crippen LogP contribution in [0.5, 0.6) is 0 Å². The number of fused-ring (bicyclic) bond motifs is 1. The molecule has 4 unspecified atom stereocenters. The summed E-state index contributed by atoms with van der Waals surface area (Å²) in [6.07, 6.45) is 2.80. The average Bonchev–Trinajstić information content (AvgIpc) is 3.22. The fraction of sp³-hybridized carbons (Fsp3) is 0.600. The first-order chi connectivity index (χ1) is 11.9. The number of hydrogen-bond donors (Lipinski definition) is 1. The highest BCUT2D eigenvalue weighted by Gasteiger charge is 2.46. The van der Waals surface area contributed by atoms with E-state index >= 15 is 0 Å². The second-order valence-corrected chi connectivity index (χ2v) is 8.09. The van der Waals surface area contributed by atoms with E-state index in [1.807, 2.05) is 30.9 Å². The lowest BCUT2D eigenvalue weighted by atomic mass is 9.98. The number of amides is 2. The fourth-order valence-corrected chi connectivity index (χ4v) is 4.98. The summed E-state index contributed by atoms with van der Waals surface area (Å²) < 4.78 is 0. The minimum atomic E-state index is -0.518. The van der Waals surface area contributed by atoms with Gasteiger partial charge in [-0.1, -0.05) is 6.07 Å². The Balaban J connectivity index is 1.47. The van der Waals surface area contributed by atoms with Crippen LogP contribution in [0.2, 0.25) is 0 Å². The van der Waals surface area contributed by atoms with Crippen LogP contribution in [0.4, 0.5) is 5.69 Å². The molecule has 2 aliphatic heterocycles.